The van der Waals surface area contributed by atoms with Crippen molar-refractivity contribution in [3.63, 3.8) is 0 Å². The highest BCUT2D eigenvalue weighted by molar-refractivity contribution is 6.32. The number of hydrogen-bond acceptors (Lipinski definition) is 5. The van der Waals surface area contributed by atoms with Crippen molar-refractivity contribution in [1.82, 2.24) is 10.2 Å². The van der Waals surface area contributed by atoms with Crippen LogP contribution >= 0.6 is 11.6 Å². The number of rotatable bonds is 7. The van der Waals surface area contributed by atoms with E-state index >= 15 is 0 Å². The standard InChI is InChI=1S/C16H25ClN2O3/c1-4-19-5-6-22-13(11-19)10-18-9-12-7-14(17)16(21-3)15(8-12)20-2/h7-8,13,18H,4-6,9-11H2,1-3H3/t13-/m1/s1. The first kappa shape index (κ1) is 17.3. The van der Waals surface area contributed by atoms with Crippen molar-refractivity contribution in [2.45, 2.75) is 19.6 Å². The summed E-state index contributed by atoms with van der Waals surface area (Å²) in [5.41, 5.74) is 1.06. The molecule has 1 N–H and O–H groups in total. The second-order valence-corrected chi connectivity index (χ2v) is 5.74. The Bertz CT molecular complexity index is 485. The number of morpholine rings is 1. The Kier molecular flexibility index (Phi) is 6.76. The van der Waals surface area contributed by atoms with E-state index in [4.69, 9.17) is 25.8 Å². The Balaban J connectivity index is 1.88. The van der Waals surface area contributed by atoms with Gasteiger partial charge in [-0.2, -0.15) is 0 Å². The minimum absolute atomic E-state index is 0.240. The van der Waals surface area contributed by atoms with E-state index in [2.05, 4.69) is 17.1 Å². The molecule has 5 nitrogen and oxygen atoms in total. The largest absolute Gasteiger partial charge is 0.493 e. The fourth-order valence-corrected chi connectivity index (χ4v) is 2.95. The molecule has 1 aliphatic rings. The van der Waals surface area contributed by atoms with Gasteiger partial charge in [0.05, 0.1) is 32.0 Å². The first-order valence-corrected chi connectivity index (χ1v) is 8.00. The molecule has 1 saturated heterocycles. The second kappa shape index (κ2) is 8.58. The fourth-order valence-electron chi connectivity index (χ4n) is 2.64. The van der Waals surface area contributed by atoms with E-state index in [0.29, 0.717) is 23.1 Å². The maximum Gasteiger partial charge on any atom is 0.179 e. The highest BCUT2D eigenvalue weighted by Gasteiger charge is 2.18. The molecule has 0 radical (unpaired) electrons. The van der Waals surface area contributed by atoms with Crippen LogP contribution < -0.4 is 14.8 Å². The first-order chi connectivity index (χ1) is 10.7. The lowest BCUT2D eigenvalue weighted by molar-refractivity contribution is -0.0253. The van der Waals surface area contributed by atoms with Crippen LogP contribution in [-0.2, 0) is 11.3 Å². The zero-order valence-electron chi connectivity index (χ0n) is 13.5. The van der Waals surface area contributed by atoms with Gasteiger partial charge in [0.15, 0.2) is 11.5 Å². The predicted molar refractivity (Wildman–Crippen MR) is 88.1 cm³/mol. The smallest absolute Gasteiger partial charge is 0.179 e. The van der Waals surface area contributed by atoms with Gasteiger partial charge in [0.25, 0.3) is 0 Å². The van der Waals surface area contributed by atoms with Gasteiger partial charge in [-0.3, -0.25) is 4.90 Å². The SMILES string of the molecule is CCN1CCO[C@H](CNCc2cc(Cl)c(OC)c(OC)c2)C1. The molecule has 1 heterocycles. The molecule has 1 fully saturated rings. The Morgan fingerprint density at radius 3 is 2.86 bits per heavy atom. The number of benzene rings is 1. The van der Waals surface area contributed by atoms with Crippen molar-refractivity contribution in [3.05, 3.63) is 22.7 Å². The topological polar surface area (TPSA) is 43.0 Å². The molecule has 1 atom stereocenters. The van der Waals surface area contributed by atoms with Crippen LogP contribution in [0.25, 0.3) is 0 Å². The van der Waals surface area contributed by atoms with Gasteiger partial charge in [0.1, 0.15) is 0 Å². The van der Waals surface area contributed by atoms with E-state index in [9.17, 15) is 0 Å². The van der Waals surface area contributed by atoms with E-state index in [-0.39, 0.29) is 6.10 Å². The molecule has 2 rings (SSSR count). The van der Waals surface area contributed by atoms with Gasteiger partial charge in [-0.1, -0.05) is 18.5 Å². The zero-order chi connectivity index (χ0) is 15.9. The van der Waals surface area contributed by atoms with E-state index in [1.54, 1.807) is 14.2 Å². The van der Waals surface area contributed by atoms with Gasteiger partial charge >= 0.3 is 0 Å². The molecule has 0 aromatic heterocycles. The van der Waals surface area contributed by atoms with Crippen LogP contribution in [0.1, 0.15) is 12.5 Å². The highest BCUT2D eigenvalue weighted by Crippen LogP contribution is 2.35. The van der Waals surface area contributed by atoms with Gasteiger partial charge in [0.2, 0.25) is 0 Å². The molecule has 0 amide bonds. The summed E-state index contributed by atoms with van der Waals surface area (Å²) >= 11 is 6.21. The summed E-state index contributed by atoms with van der Waals surface area (Å²) in [7, 11) is 3.20. The fraction of sp³-hybridized carbons (Fsp3) is 0.625. The maximum atomic E-state index is 6.21. The van der Waals surface area contributed by atoms with E-state index in [0.717, 1.165) is 38.3 Å². The van der Waals surface area contributed by atoms with E-state index < -0.39 is 0 Å². The molecular formula is C16H25ClN2O3. The lowest BCUT2D eigenvalue weighted by Gasteiger charge is -2.32. The van der Waals surface area contributed by atoms with Crippen LogP contribution in [-0.4, -0.2) is 58.0 Å². The molecular weight excluding hydrogens is 304 g/mol. The van der Waals surface area contributed by atoms with Gasteiger partial charge in [-0.05, 0) is 24.2 Å². The summed E-state index contributed by atoms with van der Waals surface area (Å²) in [5.74, 6) is 1.22. The third kappa shape index (κ3) is 4.49. The van der Waals surface area contributed by atoms with Crippen LogP contribution in [0.4, 0.5) is 0 Å². The minimum Gasteiger partial charge on any atom is -0.493 e. The molecule has 1 aliphatic heterocycles. The molecule has 22 heavy (non-hydrogen) atoms. The van der Waals surface area contributed by atoms with Crippen molar-refractivity contribution in [2.24, 2.45) is 0 Å². The van der Waals surface area contributed by atoms with Crippen LogP contribution in [0.3, 0.4) is 0 Å². The van der Waals surface area contributed by atoms with Crippen LogP contribution in [0.15, 0.2) is 12.1 Å². The van der Waals surface area contributed by atoms with Gasteiger partial charge in [-0.15, -0.1) is 0 Å². The lowest BCUT2D eigenvalue weighted by atomic mass is 10.2. The van der Waals surface area contributed by atoms with Crippen LogP contribution in [0.5, 0.6) is 11.5 Å². The number of halogens is 1. The number of hydrogen-bond donors (Lipinski definition) is 1. The maximum absolute atomic E-state index is 6.21. The highest BCUT2D eigenvalue weighted by atomic mass is 35.5. The molecule has 0 saturated carbocycles. The van der Waals surface area contributed by atoms with Crippen molar-refractivity contribution in [3.8, 4) is 11.5 Å². The molecule has 0 bridgehead atoms. The number of likely N-dealkylation sites (N-methyl/N-ethyl adjacent to an activating group) is 1. The average Bonchev–Trinajstić information content (AvgIpc) is 2.54. The summed E-state index contributed by atoms with van der Waals surface area (Å²) in [6.45, 7) is 7.61. The number of ether oxygens (including phenoxy) is 3. The molecule has 124 valence electrons. The average molecular weight is 329 g/mol. The molecule has 0 aliphatic carbocycles. The van der Waals surface area contributed by atoms with Gasteiger partial charge in [-0.25, -0.2) is 0 Å². The van der Waals surface area contributed by atoms with Crippen molar-refractivity contribution in [1.29, 1.82) is 0 Å². The summed E-state index contributed by atoms with van der Waals surface area (Å²) in [6, 6.07) is 3.84. The molecule has 1 aromatic carbocycles. The monoisotopic (exact) mass is 328 g/mol. The molecule has 0 unspecified atom stereocenters. The second-order valence-electron chi connectivity index (χ2n) is 5.33. The summed E-state index contributed by atoms with van der Waals surface area (Å²) in [5, 5.41) is 3.99. The summed E-state index contributed by atoms with van der Waals surface area (Å²) in [4.78, 5) is 2.41. The quantitative estimate of drug-likeness (QED) is 0.831. The number of methoxy groups -OCH3 is 2. The van der Waals surface area contributed by atoms with E-state index in [1.165, 1.54) is 0 Å². The number of nitrogens with one attached hydrogen (secondary N) is 1. The lowest BCUT2D eigenvalue weighted by Crippen LogP contribution is -2.46. The number of nitrogens with zero attached hydrogens (tertiary/aromatic N) is 1. The van der Waals surface area contributed by atoms with Gasteiger partial charge in [0, 0.05) is 26.2 Å². The first-order valence-electron chi connectivity index (χ1n) is 7.63. The van der Waals surface area contributed by atoms with Crippen LogP contribution in [0, 0.1) is 0 Å². The molecule has 0 spiro atoms. The molecule has 6 heteroatoms. The molecule has 1 aromatic rings. The zero-order valence-corrected chi connectivity index (χ0v) is 14.3. The van der Waals surface area contributed by atoms with Crippen LogP contribution in [0.2, 0.25) is 5.02 Å². The van der Waals surface area contributed by atoms with Crippen molar-refractivity contribution < 1.29 is 14.2 Å². The van der Waals surface area contributed by atoms with E-state index in [1.807, 2.05) is 12.1 Å². The Morgan fingerprint density at radius 2 is 2.18 bits per heavy atom. The van der Waals surface area contributed by atoms with Gasteiger partial charge < -0.3 is 19.5 Å². The third-order valence-corrected chi connectivity index (χ3v) is 4.15. The summed E-state index contributed by atoms with van der Waals surface area (Å²) in [6.07, 6.45) is 0.240. The van der Waals surface area contributed by atoms with Crippen molar-refractivity contribution >= 4 is 11.6 Å². The summed E-state index contributed by atoms with van der Waals surface area (Å²) < 4.78 is 16.3. The Labute approximate surface area is 137 Å². The normalized spacial score (nSPS) is 19.2. The Morgan fingerprint density at radius 1 is 1.36 bits per heavy atom. The predicted octanol–water partition coefficient (Wildman–Crippen LogP) is 2.17. The van der Waals surface area contributed by atoms with Crippen molar-refractivity contribution in [2.75, 3.05) is 47.0 Å². The minimum atomic E-state index is 0.240. The third-order valence-electron chi connectivity index (χ3n) is 3.86. The Hall–Kier alpha value is -1.01.